The van der Waals surface area contributed by atoms with Gasteiger partial charge in [-0.25, -0.2) is 4.98 Å². The Labute approximate surface area is 183 Å². The number of morpholine rings is 1. The van der Waals surface area contributed by atoms with E-state index in [4.69, 9.17) is 27.9 Å². The Hall–Kier alpha value is -1.70. The monoisotopic (exact) mass is 449 g/mol. The molecule has 29 heavy (non-hydrogen) atoms. The third-order valence-electron chi connectivity index (χ3n) is 4.89. The van der Waals surface area contributed by atoms with Gasteiger partial charge in [0.15, 0.2) is 5.13 Å². The van der Waals surface area contributed by atoms with Crippen LogP contribution >= 0.6 is 34.5 Å². The minimum atomic E-state index is -0.0844. The molecule has 8 heteroatoms. The molecular weight excluding hydrogens is 429 g/mol. The van der Waals surface area contributed by atoms with Crippen LogP contribution < -0.4 is 4.90 Å². The second-order valence-electron chi connectivity index (χ2n) is 6.85. The summed E-state index contributed by atoms with van der Waals surface area (Å²) >= 11 is 13.8. The molecule has 1 saturated heterocycles. The third kappa shape index (κ3) is 4.90. The van der Waals surface area contributed by atoms with Crippen LogP contribution in [0.4, 0.5) is 5.13 Å². The summed E-state index contributed by atoms with van der Waals surface area (Å²) in [6.07, 6.45) is 0.850. The number of carbonyl (C=O) groups excluding carboxylic acids is 1. The third-order valence-corrected chi connectivity index (χ3v) is 6.49. The Morgan fingerprint density at radius 1 is 1.14 bits per heavy atom. The molecule has 1 aliphatic rings. The van der Waals surface area contributed by atoms with Crippen LogP contribution in [0.5, 0.6) is 0 Å². The Kier molecular flexibility index (Phi) is 6.67. The highest BCUT2D eigenvalue weighted by Crippen LogP contribution is 2.33. The summed E-state index contributed by atoms with van der Waals surface area (Å²) < 4.78 is 6.38. The molecule has 0 saturated carbocycles. The Morgan fingerprint density at radius 3 is 2.62 bits per heavy atom. The van der Waals surface area contributed by atoms with Gasteiger partial charge in [0.25, 0.3) is 5.91 Å². The number of fused-ring (bicyclic) bond motifs is 1. The number of benzene rings is 2. The van der Waals surface area contributed by atoms with Gasteiger partial charge >= 0.3 is 0 Å². The molecule has 0 aliphatic carbocycles. The van der Waals surface area contributed by atoms with Crippen molar-refractivity contribution in [3.8, 4) is 0 Å². The van der Waals surface area contributed by atoms with Gasteiger partial charge in [-0.1, -0.05) is 40.6 Å². The first-order chi connectivity index (χ1) is 14.1. The van der Waals surface area contributed by atoms with E-state index in [9.17, 15) is 4.79 Å². The number of para-hydroxylation sites is 1. The van der Waals surface area contributed by atoms with Crippen LogP contribution in [0.25, 0.3) is 10.2 Å². The second-order valence-corrected chi connectivity index (χ2v) is 8.71. The molecule has 2 aromatic carbocycles. The molecule has 1 fully saturated rings. The van der Waals surface area contributed by atoms with Gasteiger partial charge in [0, 0.05) is 36.8 Å². The summed E-state index contributed by atoms with van der Waals surface area (Å²) in [5, 5.41) is 1.86. The van der Waals surface area contributed by atoms with Gasteiger partial charge in [0.05, 0.1) is 22.9 Å². The van der Waals surface area contributed by atoms with Crippen LogP contribution in [-0.2, 0) is 4.74 Å². The molecule has 0 unspecified atom stereocenters. The highest BCUT2D eigenvalue weighted by molar-refractivity contribution is 7.22. The zero-order valence-corrected chi connectivity index (χ0v) is 18.1. The van der Waals surface area contributed by atoms with E-state index in [0.717, 1.165) is 49.5 Å². The average Bonchev–Trinajstić information content (AvgIpc) is 3.17. The van der Waals surface area contributed by atoms with E-state index in [1.54, 1.807) is 29.2 Å². The van der Waals surface area contributed by atoms with Gasteiger partial charge < -0.3 is 4.74 Å². The van der Waals surface area contributed by atoms with Crippen molar-refractivity contribution in [1.82, 2.24) is 9.88 Å². The van der Waals surface area contributed by atoms with Gasteiger partial charge in [0.2, 0.25) is 0 Å². The number of hydrogen-bond acceptors (Lipinski definition) is 5. The molecule has 0 atom stereocenters. The van der Waals surface area contributed by atoms with Crippen molar-refractivity contribution in [3.63, 3.8) is 0 Å². The Morgan fingerprint density at radius 2 is 1.90 bits per heavy atom. The summed E-state index contributed by atoms with van der Waals surface area (Å²) in [7, 11) is 0. The van der Waals surface area contributed by atoms with Crippen LogP contribution in [-0.4, -0.2) is 55.2 Å². The summed E-state index contributed by atoms with van der Waals surface area (Å²) in [4.78, 5) is 22.1. The normalized spacial score (nSPS) is 15.0. The highest BCUT2D eigenvalue weighted by atomic mass is 35.5. The van der Waals surface area contributed by atoms with Crippen molar-refractivity contribution in [1.29, 1.82) is 0 Å². The lowest BCUT2D eigenvalue weighted by molar-refractivity contribution is 0.0376. The van der Waals surface area contributed by atoms with Crippen LogP contribution in [0.2, 0.25) is 10.0 Å². The molecule has 152 valence electrons. The Balaban J connectivity index is 1.57. The smallest absolute Gasteiger partial charge is 0.260 e. The SMILES string of the molecule is O=C(c1ccc(Cl)cc1)N(CCCN1CCOCC1)c1nc2c(Cl)cccc2s1. The van der Waals surface area contributed by atoms with Crippen molar-refractivity contribution in [2.45, 2.75) is 6.42 Å². The largest absolute Gasteiger partial charge is 0.379 e. The van der Waals surface area contributed by atoms with E-state index in [1.165, 1.54) is 11.3 Å². The van der Waals surface area contributed by atoms with E-state index in [0.29, 0.717) is 27.3 Å². The molecule has 0 bridgehead atoms. The molecule has 1 aromatic heterocycles. The summed E-state index contributed by atoms with van der Waals surface area (Å²) in [6.45, 7) is 4.90. The Bertz CT molecular complexity index is 987. The molecule has 1 amide bonds. The maximum Gasteiger partial charge on any atom is 0.260 e. The number of halogens is 2. The quantitative estimate of drug-likeness (QED) is 0.532. The number of amides is 1. The lowest BCUT2D eigenvalue weighted by Crippen LogP contribution is -2.39. The van der Waals surface area contributed by atoms with E-state index >= 15 is 0 Å². The number of ether oxygens (including phenoxy) is 1. The number of nitrogens with zero attached hydrogens (tertiary/aromatic N) is 3. The fraction of sp³-hybridized carbons (Fsp3) is 0.333. The first-order valence-corrected chi connectivity index (χ1v) is 11.1. The van der Waals surface area contributed by atoms with Gasteiger partial charge in [-0.05, 0) is 42.8 Å². The molecule has 0 radical (unpaired) electrons. The highest BCUT2D eigenvalue weighted by Gasteiger charge is 2.22. The minimum absolute atomic E-state index is 0.0844. The molecule has 0 spiro atoms. The number of aromatic nitrogens is 1. The summed E-state index contributed by atoms with van der Waals surface area (Å²) in [6, 6.07) is 12.7. The molecule has 3 aromatic rings. The molecule has 5 nitrogen and oxygen atoms in total. The predicted molar refractivity (Wildman–Crippen MR) is 120 cm³/mol. The van der Waals surface area contributed by atoms with E-state index in [-0.39, 0.29) is 5.91 Å². The fourth-order valence-corrected chi connectivity index (χ4v) is 4.74. The maximum absolute atomic E-state index is 13.3. The van der Waals surface area contributed by atoms with E-state index in [1.807, 2.05) is 18.2 Å². The zero-order chi connectivity index (χ0) is 20.2. The lowest BCUT2D eigenvalue weighted by atomic mass is 10.2. The standard InChI is InChI=1S/C21H21Cl2N3O2S/c22-16-7-5-15(6-8-16)20(27)26(10-2-9-25-11-13-28-14-12-25)21-24-19-17(23)3-1-4-18(19)29-21/h1,3-8H,2,9-14H2. The molecule has 0 N–H and O–H groups in total. The molecule has 1 aliphatic heterocycles. The number of carbonyl (C=O) groups is 1. The summed E-state index contributed by atoms with van der Waals surface area (Å²) in [5.41, 5.74) is 1.32. The van der Waals surface area contributed by atoms with Gasteiger partial charge in [0.1, 0.15) is 5.52 Å². The van der Waals surface area contributed by atoms with Crippen LogP contribution in [0.1, 0.15) is 16.8 Å². The number of thiazole rings is 1. The summed E-state index contributed by atoms with van der Waals surface area (Å²) in [5.74, 6) is -0.0844. The van der Waals surface area contributed by atoms with Crippen molar-refractivity contribution in [3.05, 3.63) is 58.1 Å². The average molecular weight is 450 g/mol. The van der Waals surface area contributed by atoms with Crippen molar-refractivity contribution in [2.24, 2.45) is 0 Å². The zero-order valence-electron chi connectivity index (χ0n) is 15.8. The predicted octanol–water partition coefficient (Wildman–Crippen LogP) is 4.97. The van der Waals surface area contributed by atoms with Gasteiger partial charge in [-0.3, -0.25) is 14.6 Å². The topological polar surface area (TPSA) is 45.7 Å². The van der Waals surface area contributed by atoms with E-state index in [2.05, 4.69) is 9.88 Å². The first kappa shape index (κ1) is 20.6. The van der Waals surface area contributed by atoms with Gasteiger partial charge in [-0.15, -0.1) is 0 Å². The molecular formula is C21H21Cl2N3O2S. The van der Waals surface area contributed by atoms with Crippen LogP contribution in [0, 0.1) is 0 Å². The number of rotatable bonds is 6. The van der Waals surface area contributed by atoms with Crippen LogP contribution in [0.3, 0.4) is 0 Å². The second kappa shape index (κ2) is 9.41. The van der Waals surface area contributed by atoms with Crippen molar-refractivity contribution in [2.75, 3.05) is 44.3 Å². The maximum atomic E-state index is 13.3. The van der Waals surface area contributed by atoms with Crippen molar-refractivity contribution >= 4 is 55.8 Å². The molecule has 4 rings (SSSR count). The van der Waals surface area contributed by atoms with Crippen LogP contribution in [0.15, 0.2) is 42.5 Å². The minimum Gasteiger partial charge on any atom is -0.379 e. The number of anilines is 1. The van der Waals surface area contributed by atoms with Crippen molar-refractivity contribution < 1.29 is 9.53 Å². The fourth-order valence-electron chi connectivity index (χ4n) is 3.33. The molecule has 2 heterocycles. The van der Waals surface area contributed by atoms with E-state index < -0.39 is 0 Å². The first-order valence-electron chi connectivity index (χ1n) is 9.54. The lowest BCUT2D eigenvalue weighted by Gasteiger charge is -2.27. The number of hydrogen-bond donors (Lipinski definition) is 0. The van der Waals surface area contributed by atoms with Gasteiger partial charge in [-0.2, -0.15) is 0 Å².